The first kappa shape index (κ1) is 21.2. The molecule has 1 aromatic carbocycles. The highest BCUT2D eigenvalue weighted by molar-refractivity contribution is 6.11. The van der Waals surface area contributed by atoms with Crippen molar-refractivity contribution in [3.63, 3.8) is 0 Å². The number of pyridine rings is 2. The lowest BCUT2D eigenvalue weighted by Crippen LogP contribution is -2.08. The third-order valence-corrected chi connectivity index (χ3v) is 4.41. The molecular formula is C24H26N4O2. The number of hydrogen-bond acceptors (Lipinski definition) is 6. The maximum atomic E-state index is 5.47. The van der Waals surface area contributed by atoms with E-state index in [-0.39, 0.29) is 0 Å². The van der Waals surface area contributed by atoms with Gasteiger partial charge in [0.1, 0.15) is 25.1 Å². The first-order valence-electron chi connectivity index (χ1n) is 9.91. The Balaban J connectivity index is 1.58. The Morgan fingerprint density at radius 3 is 2.40 bits per heavy atom. The summed E-state index contributed by atoms with van der Waals surface area (Å²) in [5.74, 6) is 0. The number of rotatable bonds is 9. The van der Waals surface area contributed by atoms with Crippen molar-refractivity contribution in [3.05, 3.63) is 95.1 Å². The van der Waals surface area contributed by atoms with E-state index in [0.717, 1.165) is 46.9 Å². The molecule has 2 heterocycles. The van der Waals surface area contributed by atoms with E-state index in [1.807, 2.05) is 80.6 Å². The van der Waals surface area contributed by atoms with Crippen molar-refractivity contribution in [2.24, 2.45) is 10.3 Å². The molecule has 3 aromatic rings. The molecule has 30 heavy (non-hydrogen) atoms. The Labute approximate surface area is 177 Å². The molecule has 0 unspecified atom stereocenters. The zero-order chi connectivity index (χ0) is 21.2. The molecule has 0 bridgehead atoms. The van der Waals surface area contributed by atoms with Gasteiger partial charge >= 0.3 is 0 Å². The van der Waals surface area contributed by atoms with E-state index < -0.39 is 0 Å². The second-order valence-electron chi connectivity index (χ2n) is 6.78. The van der Waals surface area contributed by atoms with Crippen LogP contribution in [-0.4, -0.2) is 35.1 Å². The number of aromatic nitrogens is 2. The zero-order valence-electron chi connectivity index (χ0n) is 17.6. The van der Waals surface area contributed by atoms with Crippen molar-refractivity contribution >= 4 is 11.4 Å². The molecule has 154 valence electrons. The van der Waals surface area contributed by atoms with Crippen LogP contribution >= 0.6 is 0 Å². The van der Waals surface area contributed by atoms with Gasteiger partial charge in [0.25, 0.3) is 0 Å². The van der Waals surface area contributed by atoms with E-state index in [4.69, 9.17) is 14.7 Å². The lowest BCUT2D eigenvalue weighted by molar-refractivity contribution is 0.141. The second-order valence-corrected chi connectivity index (χ2v) is 6.78. The molecule has 0 saturated carbocycles. The third-order valence-electron chi connectivity index (χ3n) is 4.41. The number of aryl methyl sites for hydroxylation is 2. The van der Waals surface area contributed by atoms with Gasteiger partial charge in [0.05, 0.1) is 11.4 Å². The molecule has 3 rings (SSSR count). The van der Waals surface area contributed by atoms with Crippen LogP contribution in [0.5, 0.6) is 0 Å². The van der Waals surface area contributed by atoms with Gasteiger partial charge < -0.3 is 9.68 Å². The standard InChI is InChI=1S/C24H26N4O2/c1-18-10-7-15-22(25-18)19(2)27-30-17-9-14-21-13-8-16-23(26-21)24(28-29-3)20-11-5-4-6-12-20/h4-8,10-13,15-16H,9,14,17H2,1-3H3/b27-19+,28-24?. The van der Waals surface area contributed by atoms with E-state index in [1.165, 1.54) is 0 Å². The molecule has 0 radical (unpaired) electrons. The minimum absolute atomic E-state index is 0.507. The molecule has 0 fully saturated rings. The van der Waals surface area contributed by atoms with Gasteiger partial charge in [-0.2, -0.15) is 0 Å². The SMILES string of the molecule is CON=C(c1ccccc1)c1cccc(CCCO/N=C(\C)c2cccc(C)n2)n1. The first-order valence-corrected chi connectivity index (χ1v) is 9.91. The summed E-state index contributed by atoms with van der Waals surface area (Å²) < 4.78 is 0. The van der Waals surface area contributed by atoms with E-state index in [1.54, 1.807) is 7.11 Å². The van der Waals surface area contributed by atoms with Gasteiger partial charge in [-0.05, 0) is 51.0 Å². The second kappa shape index (κ2) is 10.9. The fourth-order valence-electron chi connectivity index (χ4n) is 2.94. The predicted octanol–water partition coefficient (Wildman–Crippen LogP) is 4.56. The Bertz CT molecular complexity index is 1020. The van der Waals surface area contributed by atoms with Crippen molar-refractivity contribution in [1.82, 2.24) is 9.97 Å². The highest BCUT2D eigenvalue weighted by atomic mass is 16.6. The molecule has 0 atom stereocenters. The molecule has 0 saturated heterocycles. The summed E-state index contributed by atoms with van der Waals surface area (Å²) in [4.78, 5) is 19.7. The van der Waals surface area contributed by atoms with Crippen LogP contribution in [0.1, 0.15) is 41.7 Å². The van der Waals surface area contributed by atoms with Crippen LogP contribution in [0.15, 0.2) is 77.0 Å². The summed E-state index contributed by atoms with van der Waals surface area (Å²) in [6.45, 7) is 4.36. The summed E-state index contributed by atoms with van der Waals surface area (Å²) in [5, 5.41) is 8.35. The highest BCUT2D eigenvalue weighted by Crippen LogP contribution is 2.11. The maximum absolute atomic E-state index is 5.47. The monoisotopic (exact) mass is 402 g/mol. The molecular weight excluding hydrogens is 376 g/mol. The van der Waals surface area contributed by atoms with Gasteiger partial charge in [-0.25, -0.2) is 0 Å². The Hall–Kier alpha value is -3.54. The molecule has 6 heteroatoms. The number of hydrogen-bond donors (Lipinski definition) is 0. The number of oxime groups is 2. The van der Waals surface area contributed by atoms with Crippen LogP contribution in [0.25, 0.3) is 0 Å². The summed E-state index contributed by atoms with van der Waals surface area (Å²) in [7, 11) is 1.54. The van der Waals surface area contributed by atoms with Crippen LogP contribution in [0.3, 0.4) is 0 Å². The van der Waals surface area contributed by atoms with Crippen LogP contribution in [-0.2, 0) is 16.1 Å². The summed E-state index contributed by atoms with van der Waals surface area (Å²) in [6.07, 6.45) is 1.58. The third kappa shape index (κ3) is 5.98. The lowest BCUT2D eigenvalue weighted by atomic mass is 10.1. The van der Waals surface area contributed by atoms with Crippen LogP contribution in [0.4, 0.5) is 0 Å². The fourth-order valence-corrected chi connectivity index (χ4v) is 2.94. The highest BCUT2D eigenvalue weighted by Gasteiger charge is 2.10. The van der Waals surface area contributed by atoms with Crippen LogP contribution in [0.2, 0.25) is 0 Å². The average molecular weight is 402 g/mol. The van der Waals surface area contributed by atoms with Gasteiger partial charge in [0.15, 0.2) is 0 Å². The fraction of sp³-hybridized carbons (Fsp3) is 0.250. The zero-order valence-corrected chi connectivity index (χ0v) is 17.6. The van der Waals surface area contributed by atoms with Crippen LogP contribution < -0.4 is 0 Å². The van der Waals surface area contributed by atoms with Crippen molar-refractivity contribution < 1.29 is 9.68 Å². The smallest absolute Gasteiger partial charge is 0.135 e. The van der Waals surface area contributed by atoms with E-state index in [9.17, 15) is 0 Å². The first-order chi connectivity index (χ1) is 14.7. The average Bonchev–Trinajstić information content (AvgIpc) is 2.78. The molecule has 0 N–H and O–H groups in total. The molecule has 2 aromatic heterocycles. The normalized spacial score (nSPS) is 12.0. The molecule has 0 amide bonds. The summed E-state index contributed by atoms with van der Waals surface area (Å²) in [5.41, 5.74) is 5.97. The predicted molar refractivity (Wildman–Crippen MR) is 119 cm³/mol. The van der Waals surface area contributed by atoms with Gasteiger partial charge in [-0.1, -0.05) is 52.8 Å². The van der Waals surface area contributed by atoms with E-state index in [0.29, 0.717) is 12.3 Å². The van der Waals surface area contributed by atoms with Crippen molar-refractivity contribution in [2.45, 2.75) is 26.7 Å². The molecule has 0 aliphatic carbocycles. The van der Waals surface area contributed by atoms with Gasteiger partial charge in [0, 0.05) is 17.0 Å². The Morgan fingerprint density at radius 2 is 1.63 bits per heavy atom. The van der Waals surface area contributed by atoms with Crippen molar-refractivity contribution in [2.75, 3.05) is 13.7 Å². The molecule has 0 aliphatic heterocycles. The molecule has 0 spiro atoms. The van der Waals surface area contributed by atoms with Gasteiger partial charge in [-0.15, -0.1) is 0 Å². The molecule has 0 aliphatic rings. The minimum Gasteiger partial charge on any atom is -0.399 e. The Kier molecular flexibility index (Phi) is 7.66. The summed E-state index contributed by atoms with van der Waals surface area (Å²) in [6, 6.07) is 21.7. The molecule has 6 nitrogen and oxygen atoms in total. The maximum Gasteiger partial charge on any atom is 0.135 e. The van der Waals surface area contributed by atoms with E-state index >= 15 is 0 Å². The minimum atomic E-state index is 0.507. The van der Waals surface area contributed by atoms with E-state index in [2.05, 4.69) is 15.3 Å². The van der Waals surface area contributed by atoms with Crippen molar-refractivity contribution in [3.8, 4) is 0 Å². The van der Waals surface area contributed by atoms with Crippen molar-refractivity contribution in [1.29, 1.82) is 0 Å². The topological polar surface area (TPSA) is 69.0 Å². The Morgan fingerprint density at radius 1 is 0.867 bits per heavy atom. The quantitative estimate of drug-likeness (QED) is 0.299. The van der Waals surface area contributed by atoms with Crippen LogP contribution in [0, 0.1) is 6.92 Å². The van der Waals surface area contributed by atoms with Gasteiger partial charge in [0.2, 0.25) is 0 Å². The van der Waals surface area contributed by atoms with Gasteiger partial charge in [-0.3, -0.25) is 9.97 Å². The number of nitrogens with zero attached hydrogens (tertiary/aromatic N) is 4. The number of benzene rings is 1. The summed E-state index contributed by atoms with van der Waals surface area (Å²) >= 11 is 0. The largest absolute Gasteiger partial charge is 0.399 e. The lowest BCUT2D eigenvalue weighted by Gasteiger charge is -2.08.